The van der Waals surface area contributed by atoms with Gasteiger partial charge < -0.3 is 26.1 Å². The number of anilines is 3. The van der Waals surface area contributed by atoms with Gasteiger partial charge in [0.2, 0.25) is 5.95 Å². The number of rotatable bonds is 8. The van der Waals surface area contributed by atoms with Gasteiger partial charge in [0, 0.05) is 48.9 Å². The quantitative estimate of drug-likeness (QED) is 0.377. The minimum Gasteiger partial charge on any atom is -0.495 e. The van der Waals surface area contributed by atoms with Crippen molar-refractivity contribution in [3.8, 4) is 5.75 Å². The summed E-state index contributed by atoms with van der Waals surface area (Å²) in [6.07, 6.45) is 5.34. The van der Waals surface area contributed by atoms with Crippen LogP contribution in [-0.2, 0) is 0 Å². The maximum Gasteiger partial charge on any atom is 0.227 e. The normalized spacial score (nSPS) is 11.9. The molecule has 0 aliphatic rings. The summed E-state index contributed by atoms with van der Waals surface area (Å²) in [5, 5.41) is 18.6. The van der Waals surface area contributed by atoms with Crippen LogP contribution in [0.4, 0.5) is 17.5 Å². The molecule has 8 heteroatoms. The van der Waals surface area contributed by atoms with E-state index in [0.717, 1.165) is 40.1 Å². The lowest BCUT2D eigenvalue weighted by molar-refractivity contribution is 0.416. The topological polar surface area (TPSA) is 108 Å². The fourth-order valence-corrected chi connectivity index (χ4v) is 3.13. The Balaban J connectivity index is 1.93. The Hall–Kier alpha value is -3.68. The number of benzene rings is 1. The maximum absolute atomic E-state index is 8.03. The highest BCUT2D eigenvalue weighted by Crippen LogP contribution is 2.31. The number of hydrogen-bond acceptors (Lipinski definition) is 8. The van der Waals surface area contributed by atoms with Crippen molar-refractivity contribution in [2.75, 3.05) is 31.3 Å². The number of nitrogens with zero attached hydrogens (tertiary/aromatic N) is 3. The number of methoxy groups -OCH3 is 1. The molecule has 0 atom stereocenters. The van der Waals surface area contributed by atoms with Crippen LogP contribution >= 0.6 is 0 Å². The van der Waals surface area contributed by atoms with Gasteiger partial charge in [0.15, 0.2) is 5.82 Å². The number of hydrogen-bond donors (Lipinski definition) is 4. The molecule has 0 amide bonds. The molecule has 0 bridgehead atoms. The summed E-state index contributed by atoms with van der Waals surface area (Å²) in [5.41, 5.74) is 3.73. The van der Waals surface area contributed by atoms with Gasteiger partial charge in [-0.15, -0.1) is 0 Å². The molecular formula is C24H31N7O. The van der Waals surface area contributed by atoms with Gasteiger partial charge in [0.25, 0.3) is 0 Å². The molecule has 2 heterocycles. The molecule has 32 heavy (non-hydrogen) atoms. The molecule has 8 nitrogen and oxygen atoms in total. The average molecular weight is 434 g/mol. The molecule has 0 radical (unpaired) electrons. The van der Waals surface area contributed by atoms with E-state index in [0.29, 0.717) is 17.4 Å². The molecule has 0 saturated carbocycles. The molecule has 0 aliphatic heterocycles. The summed E-state index contributed by atoms with van der Waals surface area (Å²) in [6.45, 7) is 9.03. The molecule has 4 N–H and O–H groups in total. The first-order valence-electron chi connectivity index (χ1n) is 10.5. The van der Waals surface area contributed by atoms with E-state index in [9.17, 15) is 0 Å². The number of allylic oxidation sites excluding steroid dienone is 1. The standard InChI is InChI=1S/C24H31N7O/c1-15(25)18(13-26-5)16-7-8-19(20(11-16)32-6)30-23-28-12-17-9-10-27-22(21(17)31-23)29-14-24(2,3)4/h7-13,25-26H,14H2,1-6H3,(H,27,29)(H,28,30,31)/b18-13+,25-15?. The predicted molar refractivity (Wildman–Crippen MR) is 132 cm³/mol. The first kappa shape index (κ1) is 23.0. The van der Waals surface area contributed by atoms with Crippen LogP contribution in [0, 0.1) is 10.8 Å². The second-order valence-electron chi connectivity index (χ2n) is 8.72. The largest absolute Gasteiger partial charge is 0.495 e. The Morgan fingerprint density at radius 1 is 1.19 bits per heavy atom. The summed E-state index contributed by atoms with van der Waals surface area (Å²) >= 11 is 0. The third kappa shape index (κ3) is 5.51. The third-order valence-electron chi connectivity index (χ3n) is 4.74. The van der Waals surface area contributed by atoms with Gasteiger partial charge in [-0.1, -0.05) is 26.8 Å². The van der Waals surface area contributed by atoms with Gasteiger partial charge in [-0.05, 0) is 36.1 Å². The van der Waals surface area contributed by atoms with Crippen molar-refractivity contribution in [1.82, 2.24) is 20.3 Å². The van der Waals surface area contributed by atoms with Gasteiger partial charge in [0.05, 0.1) is 12.8 Å². The van der Waals surface area contributed by atoms with E-state index >= 15 is 0 Å². The lowest BCUT2D eigenvalue weighted by Gasteiger charge is -2.19. The Morgan fingerprint density at radius 3 is 2.62 bits per heavy atom. The van der Waals surface area contributed by atoms with Crippen LogP contribution in [0.25, 0.3) is 16.5 Å². The number of nitrogens with one attached hydrogen (secondary N) is 4. The first-order chi connectivity index (χ1) is 15.2. The SMILES string of the molecule is CN/C=C(\C(C)=N)c1ccc(Nc2ncc3ccnc(NCC(C)(C)C)c3n2)c(OC)c1. The van der Waals surface area contributed by atoms with Crippen LogP contribution in [-0.4, -0.2) is 41.4 Å². The lowest BCUT2D eigenvalue weighted by atomic mass is 9.97. The Labute approximate surface area is 189 Å². The monoisotopic (exact) mass is 433 g/mol. The van der Waals surface area contributed by atoms with Crippen molar-refractivity contribution in [3.63, 3.8) is 0 Å². The van der Waals surface area contributed by atoms with E-state index in [1.807, 2.05) is 31.3 Å². The molecule has 0 unspecified atom stereocenters. The van der Waals surface area contributed by atoms with Gasteiger partial charge in [-0.3, -0.25) is 0 Å². The zero-order valence-electron chi connectivity index (χ0n) is 19.5. The van der Waals surface area contributed by atoms with E-state index in [4.69, 9.17) is 15.1 Å². The number of aromatic nitrogens is 3. The fourth-order valence-electron chi connectivity index (χ4n) is 3.13. The minimum atomic E-state index is 0.114. The summed E-state index contributed by atoms with van der Waals surface area (Å²) in [6, 6.07) is 7.62. The molecule has 0 saturated heterocycles. The predicted octanol–water partition coefficient (Wildman–Crippen LogP) is 4.83. The van der Waals surface area contributed by atoms with Crippen molar-refractivity contribution < 1.29 is 4.74 Å². The zero-order valence-corrected chi connectivity index (χ0v) is 19.5. The van der Waals surface area contributed by atoms with Crippen LogP contribution in [0.2, 0.25) is 0 Å². The number of pyridine rings is 1. The first-order valence-corrected chi connectivity index (χ1v) is 10.5. The molecule has 3 aromatic rings. The Morgan fingerprint density at radius 2 is 1.97 bits per heavy atom. The number of fused-ring (bicyclic) bond motifs is 1. The molecular weight excluding hydrogens is 402 g/mol. The molecule has 1 aromatic carbocycles. The van der Waals surface area contributed by atoms with Crippen molar-refractivity contribution in [2.45, 2.75) is 27.7 Å². The van der Waals surface area contributed by atoms with E-state index < -0.39 is 0 Å². The summed E-state index contributed by atoms with van der Waals surface area (Å²) in [7, 11) is 3.43. The number of ether oxygens (including phenoxy) is 1. The smallest absolute Gasteiger partial charge is 0.227 e. The van der Waals surface area contributed by atoms with Gasteiger partial charge in [0.1, 0.15) is 11.3 Å². The molecule has 2 aromatic heterocycles. The third-order valence-corrected chi connectivity index (χ3v) is 4.74. The van der Waals surface area contributed by atoms with Crippen LogP contribution in [0.3, 0.4) is 0 Å². The summed E-state index contributed by atoms with van der Waals surface area (Å²) < 4.78 is 5.59. The second kappa shape index (κ2) is 9.64. The van der Waals surface area contributed by atoms with Crippen LogP contribution < -0.4 is 20.7 Å². The van der Waals surface area contributed by atoms with Crippen LogP contribution in [0.5, 0.6) is 5.75 Å². The van der Waals surface area contributed by atoms with Crippen molar-refractivity contribution in [1.29, 1.82) is 5.41 Å². The van der Waals surface area contributed by atoms with E-state index in [1.54, 1.807) is 32.6 Å². The zero-order chi connectivity index (χ0) is 23.3. The van der Waals surface area contributed by atoms with Crippen molar-refractivity contribution in [3.05, 3.63) is 48.4 Å². The Bertz CT molecular complexity index is 1150. The highest BCUT2D eigenvalue weighted by Gasteiger charge is 2.14. The molecule has 0 spiro atoms. The van der Waals surface area contributed by atoms with E-state index in [2.05, 4.69) is 46.7 Å². The van der Waals surface area contributed by atoms with Crippen LogP contribution in [0.1, 0.15) is 33.3 Å². The molecule has 0 fully saturated rings. The highest BCUT2D eigenvalue weighted by atomic mass is 16.5. The average Bonchev–Trinajstić information content (AvgIpc) is 2.75. The summed E-state index contributed by atoms with van der Waals surface area (Å²) in [4.78, 5) is 13.6. The highest BCUT2D eigenvalue weighted by molar-refractivity contribution is 6.21. The molecule has 168 valence electrons. The van der Waals surface area contributed by atoms with Gasteiger partial charge in [-0.2, -0.15) is 0 Å². The van der Waals surface area contributed by atoms with Crippen LogP contribution in [0.15, 0.2) is 42.9 Å². The Kier molecular flexibility index (Phi) is 6.92. The summed E-state index contributed by atoms with van der Waals surface area (Å²) in [5.74, 6) is 1.81. The van der Waals surface area contributed by atoms with E-state index in [1.165, 1.54) is 0 Å². The van der Waals surface area contributed by atoms with Gasteiger partial charge in [-0.25, -0.2) is 15.0 Å². The second-order valence-corrected chi connectivity index (χ2v) is 8.72. The maximum atomic E-state index is 8.03. The van der Waals surface area contributed by atoms with E-state index in [-0.39, 0.29) is 5.41 Å². The van der Waals surface area contributed by atoms with Gasteiger partial charge >= 0.3 is 0 Å². The lowest BCUT2D eigenvalue weighted by Crippen LogP contribution is -2.19. The van der Waals surface area contributed by atoms with Crippen molar-refractivity contribution >= 4 is 39.6 Å². The molecule has 3 rings (SSSR count). The molecule has 0 aliphatic carbocycles. The minimum absolute atomic E-state index is 0.114. The van der Waals surface area contributed by atoms with Crippen molar-refractivity contribution in [2.24, 2.45) is 5.41 Å². The fraction of sp³-hybridized carbons (Fsp3) is 0.333.